The van der Waals surface area contributed by atoms with E-state index in [0.29, 0.717) is 5.82 Å². The van der Waals surface area contributed by atoms with Crippen LogP contribution in [0.4, 0.5) is 0 Å². The molecule has 0 amide bonds. The molecule has 9 rings (SSSR count). The van der Waals surface area contributed by atoms with E-state index in [1.807, 2.05) is 6.07 Å². The molecule has 2 heteroatoms. The average Bonchev–Trinajstić information content (AvgIpc) is 3.44. The molecule has 0 unspecified atom stereocenters. The lowest BCUT2D eigenvalue weighted by atomic mass is 9.81. The lowest BCUT2D eigenvalue weighted by molar-refractivity contribution is 0.660. The second-order valence-corrected chi connectivity index (χ2v) is 13.9. The van der Waals surface area contributed by atoms with E-state index in [4.69, 9.17) is 9.97 Å². The van der Waals surface area contributed by atoms with Gasteiger partial charge in [0.25, 0.3) is 0 Å². The maximum atomic E-state index is 5.25. The Morgan fingerprint density at radius 3 is 1.39 bits per heavy atom. The lowest BCUT2D eigenvalue weighted by Gasteiger charge is -2.22. The Labute approximate surface area is 299 Å². The third-order valence-electron chi connectivity index (χ3n) is 10.3. The summed E-state index contributed by atoms with van der Waals surface area (Å²) in [4.78, 5) is 10.4. The van der Waals surface area contributed by atoms with Gasteiger partial charge < -0.3 is 0 Å². The summed E-state index contributed by atoms with van der Waals surface area (Å²) in [5.74, 6) is 0.704. The fourth-order valence-corrected chi connectivity index (χ4v) is 7.55. The highest BCUT2D eigenvalue weighted by Crippen LogP contribution is 2.49. The summed E-state index contributed by atoms with van der Waals surface area (Å²) in [6, 6.07) is 64.8. The largest absolute Gasteiger partial charge is 0.228 e. The molecule has 0 spiro atoms. The number of benzene rings is 7. The van der Waals surface area contributed by atoms with Crippen LogP contribution < -0.4 is 0 Å². The fraction of sp³-hybridized carbons (Fsp3) is 0.0612. The first-order valence-electron chi connectivity index (χ1n) is 17.6. The molecule has 0 bridgehead atoms. The summed E-state index contributed by atoms with van der Waals surface area (Å²) >= 11 is 0. The molecule has 8 aromatic rings. The van der Waals surface area contributed by atoms with Gasteiger partial charge in [0, 0.05) is 22.1 Å². The van der Waals surface area contributed by atoms with E-state index < -0.39 is 0 Å². The monoisotopic (exact) mass is 652 g/mol. The van der Waals surface area contributed by atoms with Gasteiger partial charge in [0.05, 0.1) is 11.4 Å². The maximum absolute atomic E-state index is 5.25. The zero-order chi connectivity index (χ0) is 34.4. The molecule has 1 heterocycles. The molecule has 0 N–H and O–H groups in total. The number of nitrogens with zero attached hydrogens (tertiary/aromatic N) is 2. The van der Waals surface area contributed by atoms with Crippen molar-refractivity contribution in [3.63, 3.8) is 0 Å². The topological polar surface area (TPSA) is 25.8 Å². The Morgan fingerprint density at radius 1 is 0.314 bits per heavy atom. The molecule has 0 aliphatic heterocycles. The van der Waals surface area contributed by atoms with Crippen LogP contribution in [0.3, 0.4) is 0 Å². The van der Waals surface area contributed by atoms with Crippen molar-refractivity contribution in [2.24, 2.45) is 0 Å². The summed E-state index contributed by atoms with van der Waals surface area (Å²) in [5.41, 5.74) is 17.3. The smallest absolute Gasteiger partial charge is 0.160 e. The van der Waals surface area contributed by atoms with Crippen LogP contribution in [0.2, 0.25) is 0 Å². The van der Waals surface area contributed by atoms with Crippen LogP contribution in [0.25, 0.3) is 78.4 Å². The van der Waals surface area contributed by atoms with Crippen LogP contribution in [0.1, 0.15) is 25.0 Å². The van der Waals surface area contributed by atoms with Crippen LogP contribution in [0, 0.1) is 0 Å². The second-order valence-electron chi connectivity index (χ2n) is 13.9. The minimum absolute atomic E-state index is 0.0395. The first-order chi connectivity index (χ1) is 25.0. The van der Waals surface area contributed by atoms with Crippen molar-refractivity contribution in [3.05, 3.63) is 193 Å². The van der Waals surface area contributed by atoms with Crippen LogP contribution in [0.5, 0.6) is 0 Å². The standard InChI is InChI=1S/C49H36N2/c1-49(2)44-21-13-12-20-42(44)43-27-26-38(31-45(43)49)35-22-24-37(25-23-35)48-50-46(36-18-10-5-11-19-36)32-47(51-48)41-29-39(33-14-6-3-7-15-33)28-40(30-41)34-16-8-4-9-17-34/h3-32H,1-2H3. The van der Waals surface area contributed by atoms with Crippen molar-refractivity contribution in [1.29, 1.82) is 0 Å². The van der Waals surface area contributed by atoms with Gasteiger partial charge in [0.2, 0.25) is 0 Å². The number of fused-ring (bicyclic) bond motifs is 3. The summed E-state index contributed by atoms with van der Waals surface area (Å²) < 4.78 is 0. The lowest BCUT2D eigenvalue weighted by Crippen LogP contribution is -2.14. The molecule has 1 aromatic heterocycles. The van der Waals surface area contributed by atoms with Crippen molar-refractivity contribution in [2.75, 3.05) is 0 Å². The molecule has 0 saturated carbocycles. The predicted molar refractivity (Wildman–Crippen MR) is 212 cm³/mol. The quantitative estimate of drug-likeness (QED) is 0.179. The van der Waals surface area contributed by atoms with Gasteiger partial charge in [0.15, 0.2) is 5.82 Å². The van der Waals surface area contributed by atoms with Gasteiger partial charge >= 0.3 is 0 Å². The van der Waals surface area contributed by atoms with E-state index in [2.05, 4.69) is 190 Å². The van der Waals surface area contributed by atoms with Gasteiger partial charge in [-0.1, -0.05) is 166 Å². The Morgan fingerprint density at radius 2 is 0.765 bits per heavy atom. The SMILES string of the molecule is CC1(C)c2ccccc2-c2ccc(-c3ccc(-c4nc(-c5ccccc5)cc(-c5cc(-c6ccccc6)cc(-c6ccccc6)c5)n4)cc3)cc21. The summed E-state index contributed by atoms with van der Waals surface area (Å²) in [5, 5.41) is 0. The van der Waals surface area contributed by atoms with Crippen molar-refractivity contribution < 1.29 is 0 Å². The molecule has 0 saturated heterocycles. The van der Waals surface area contributed by atoms with Crippen LogP contribution in [-0.2, 0) is 5.41 Å². The number of hydrogen-bond acceptors (Lipinski definition) is 2. The van der Waals surface area contributed by atoms with Gasteiger partial charge in [0.1, 0.15) is 0 Å². The zero-order valence-electron chi connectivity index (χ0n) is 28.7. The fourth-order valence-electron chi connectivity index (χ4n) is 7.55. The van der Waals surface area contributed by atoms with Gasteiger partial charge in [-0.05, 0) is 86.0 Å². The Kier molecular flexibility index (Phi) is 7.51. The molecule has 0 atom stereocenters. The molecule has 0 fully saturated rings. The molecule has 1 aliphatic rings. The summed E-state index contributed by atoms with van der Waals surface area (Å²) in [6.45, 7) is 4.66. The average molecular weight is 653 g/mol. The van der Waals surface area contributed by atoms with Crippen molar-refractivity contribution in [3.8, 4) is 78.4 Å². The van der Waals surface area contributed by atoms with Gasteiger partial charge in [-0.3, -0.25) is 0 Å². The minimum atomic E-state index is -0.0395. The third-order valence-corrected chi connectivity index (χ3v) is 10.3. The number of rotatable bonds is 6. The highest BCUT2D eigenvalue weighted by Gasteiger charge is 2.35. The highest BCUT2D eigenvalue weighted by molar-refractivity contribution is 5.85. The molecule has 1 aliphatic carbocycles. The van der Waals surface area contributed by atoms with Crippen molar-refractivity contribution in [1.82, 2.24) is 9.97 Å². The van der Waals surface area contributed by atoms with Gasteiger partial charge in [-0.25, -0.2) is 9.97 Å². The predicted octanol–water partition coefficient (Wildman–Crippen LogP) is 12.8. The van der Waals surface area contributed by atoms with Crippen LogP contribution >= 0.6 is 0 Å². The zero-order valence-corrected chi connectivity index (χ0v) is 28.7. The highest BCUT2D eigenvalue weighted by atomic mass is 14.9. The molecule has 51 heavy (non-hydrogen) atoms. The Hall–Kier alpha value is -6.38. The molecular weight excluding hydrogens is 617 g/mol. The Bertz CT molecular complexity index is 2460. The van der Waals surface area contributed by atoms with Crippen LogP contribution in [-0.4, -0.2) is 9.97 Å². The summed E-state index contributed by atoms with van der Waals surface area (Å²) in [6.07, 6.45) is 0. The van der Waals surface area contributed by atoms with Gasteiger partial charge in [-0.15, -0.1) is 0 Å². The van der Waals surface area contributed by atoms with E-state index in [9.17, 15) is 0 Å². The normalized spacial score (nSPS) is 12.7. The van der Waals surface area contributed by atoms with Crippen molar-refractivity contribution >= 4 is 0 Å². The van der Waals surface area contributed by atoms with E-state index in [1.165, 1.54) is 44.5 Å². The molecular formula is C49H36N2. The van der Waals surface area contributed by atoms with E-state index >= 15 is 0 Å². The molecule has 2 nitrogen and oxygen atoms in total. The number of hydrogen-bond donors (Lipinski definition) is 0. The minimum Gasteiger partial charge on any atom is -0.228 e. The first kappa shape index (κ1) is 30.7. The molecule has 242 valence electrons. The first-order valence-corrected chi connectivity index (χ1v) is 17.6. The van der Waals surface area contributed by atoms with Gasteiger partial charge in [-0.2, -0.15) is 0 Å². The van der Waals surface area contributed by atoms with Crippen LogP contribution in [0.15, 0.2) is 182 Å². The molecule has 7 aromatic carbocycles. The third kappa shape index (κ3) is 5.65. The molecule has 0 radical (unpaired) electrons. The summed E-state index contributed by atoms with van der Waals surface area (Å²) in [7, 11) is 0. The number of aromatic nitrogens is 2. The van der Waals surface area contributed by atoms with E-state index in [0.717, 1.165) is 39.2 Å². The maximum Gasteiger partial charge on any atom is 0.160 e. The second kappa shape index (κ2) is 12.5. The van der Waals surface area contributed by atoms with E-state index in [-0.39, 0.29) is 5.41 Å². The van der Waals surface area contributed by atoms with E-state index in [1.54, 1.807) is 0 Å². The Balaban J connectivity index is 1.14. The van der Waals surface area contributed by atoms with Crippen molar-refractivity contribution in [2.45, 2.75) is 19.3 Å².